The molecule has 1 N–H and O–H groups in total. The Hall–Kier alpha value is -0.870. The molecular formula is C9H6BrNOS. The van der Waals surface area contributed by atoms with Crippen molar-refractivity contribution >= 4 is 27.3 Å². The zero-order chi connectivity index (χ0) is 9.26. The van der Waals surface area contributed by atoms with Gasteiger partial charge >= 0.3 is 0 Å². The van der Waals surface area contributed by atoms with Gasteiger partial charge < -0.3 is 5.11 Å². The highest BCUT2D eigenvalue weighted by Crippen LogP contribution is 2.34. The number of para-hydroxylation sites is 1. The summed E-state index contributed by atoms with van der Waals surface area (Å²) in [5, 5.41) is 9.54. The number of thiazole rings is 1. The van der Waals surface area contributed by atoms with Gasteiger partial charge in [-0.25, -0.2) is 4.98 Å². The molecule has 0 bridgehead atoms. The van der Waals surface area contributed by atoms with Crippen LogP contribution in [-0.4, -0.2) is 10.1 Å². The van der Waals surface area contributed by atoms with Crippen LogP contribution >= 0.6 is 27.3 Å². The molecule has 0 spiro atoms. The Balaban J connectivity index is 2.52. The van der Waals surface area contributed by atoms with E-state index >= 15 is 0 Å². The van der Waals surface area contributed by atoms with Crippen LogP contribution in [0.25, 0.3) is 10.4 Å². The van der Waals surface area contributed by atoms with Gasteiger partial charge in [-0.2, -0.15) is 0 Å². The minimum Gasteiger partial charge on any atom is -0.507 e. The van der Waals surface area contributed by atoms with Crippen molar-refractivity contribution in [3.8, 4) is 16.2 Å². The summed E-state index contributed by atoms with van der Waals surface area (Å²) in [6.45, 7) is 0. The van der Waals surface area contributed by atoms with Gasteiger partial charge in [0.2, 0.25) is 0 Å². The second-order valence-electron chi connectivity index (χ2n) is 2.49. The second-order valence-corrected chi connectivity index (χ2v) is 4.80. The number of rotatable bonds is 1. The first-order valence-electron chi connectivity index (χ1n) is 3.67. The first-order valence-corrected chi connectivity index (χ1v) is 5.28. The van der Waals surface area contributed by atoms with E-state index in [1.54, 1.807) is 18.3 Å². The predicted octanol–water partition coefficient (Wildman–Crippen LogP) is 3.28. The minimum atomic E-state index is 0.290. The van der Waals surface area contributed by atoms with E-state index in [0.29, 0.717) is 5.75 Å². The molecule has 2 aromatic rings. The number of benzene rings is 1. The van der Waals surface area contributed by atoms with Gasteiger partial charge in [0.05, 0.1) is 4.88 Å². The van der Waals surface area contributed by atoms with Crippen molar-refractivity contribution < 1.29 is 5.11 Å². The summed E-state index contributed by atoms with van der Waals surface area (Å²) in [5.74, 6) is 0.290. The molecular weight excluding hydrogens is 250 g/mol. The van der Waals surface area contributed by atoms with Crippen molar-refractivity contribution in [3.63, 3.8) is 0 Å². The highest BCUT2D eigenvalue weighted by Gasteiger charge is 2.05. The summed E-state index contributed by atoms with van der Waals surface area (Å²) in [7, 11) is 0. The SMILES string of the molecule is Oc1ccccc1-c1cnc(Br)s1. The van der Waals surface area contributed by atoms with E-state index in [1.165, 1.54) is 11.3 Å². The maximum atomic E-state index is 9.54. The topological polar surface area (TPSA) is 33.1 Å². The van der Waals surface area contributed by atoms with Crippen LogP contribution in [0.3, 0.4) is 0 Å². The Morgan fingerprint density at radius 1 is 1.31 bits per heavy atom. The number of nitrogens with zero attached hydrogens (tertiary/aromatic N) is 1. The summed E-state index contributed by atoms with van der Waals surface area (Å²) in [6, 6.07) is 7.23. The smallest absolute Gasteiger partial charge is 0.159 e. The molecule has 13 heavy (non-hydrogen) atoms. The second kappa shape index (κ2) is 3.47. The largest absolute Gasteiger partial charge is 0.507 e. The monoisotopic (exact) mass is 255 g/mol. The average molecular weight is 256 g/mol. The highest BCUT2D eigenvalue weighted by molar-refractivity contribution is 9.11. The molecule has 1 heterocycles. The van der Waals surface area contributed by atoms with Gasteiger partial charge in [-0.1, -0.05) is 12.1 Å². The van der Waals surface area contributed by atoms with E-state index in [-0.39, 0.29) is 0 Å². The van der Waals surface area contributed by atoms with Gasteiger partial charge in [-0.15, -0.1) is 11.3 Å². The van der Waals surface area contributed by atoms with Crippen molar-refractivity contribution in [2.75, 3.05) is 0 Å². The molecule has 0 saturated heterocycles. The van der Waals surface area contributed by atoms with Gasteiger partial charge in [0.25, 0.3) is 0 Å². The number of hydrogen-bond acceptors (Lipinski definition) is 3. The summed E-state index contributed by atoms with van der Waals surface area (Å²) in [5.41, 5.74) is 0.825. The molecule has 0 aliphatic rings. The summed E-state index contributed by atoms with van der Waals surface area (Å²) >= 11 is 4.78. The van der Waals surface area contributed by atoms with Gasteiger partial charge in [-0.3, -0.25) is 0 Å². The molecule has 66 valence electrons. The van der Waals surface area contributed by atoms with Gasteiger partial charge in [0.1, 0.15) is 5.75 Å². The Bertz CT molecular complexity index is 427. The zero-order valence-electron chi connectivity index (χ0n) is 6.57. The maximum absolute atomic E-state index is 9.54. The fraction of sp³-hybridized carbons (Fsp3) is 0. The number of phenols is 1. The van der Waals surface area contributed by atoms with Gasteiger partial charge in [0.15, 0.2) is 3.92 Å². The van der Waals surface area contributed by atoms with E-state index in [9.17, 15) is 5.11 Å². The van der Waals surface area contributed by atoms with Crippen LogP contribution in [0.5, 0.6) is 5.75 Å². The molecule has 1 aromatic heterocycles. The molecule has 4 heteroatoms. The lowest BCUT2D eigenvalue weighted by atomic mass is 10.2. The van der Waals surface area contributed by atoms with E-state index in [2.05, 4.69) is 20.9 Å². The van der Waals surface area contributed by atoms with Crippen LogP contribution in [0.2, 0.25) is 0 Å². The van der Waals surface area contributed by atoms with E-state index in [1.807, 2.05) is 12.1 Å². The molecule has 1 aromatic carbocycles. The van der Waals surface area contributed by atoms with E-state index < -0.39 is 0 Å². The first kappa shape index (κ1) is 8.72. The fourth-order valence-electron chi connectivity index (χ4n) is 1.06. The van der Waals surface area contributed by atoms with Crippen LogP contribution in [0.1, 0.15) is 0 Å². The number of aromatic nitrogens is 1. The van der Waals surface area contributed by atoms with Crippen LogP contribution in [0.15, 0.2) is 34.4 Å². The lowest BCUT2D eigenvalue weighted by Crippen LogP contribution is -1.72. The van der Waals surface area contributed by atoms with Gasteiger partial charge in [0, 0.05) is 11.8 Å². The average Bonchev–Trinajstić information content (AvgIpc) is 2.53. The van der Waals surface area contributed by atoms with Crippen LogP contribution in [0.4, 0.5) is 0 Å². The zero-order valence-corrected chi connectivity index (χ0v) is 8.97. The molecule has 0 fully saturated rings. The predicted molar refractivity (Wildman–Crippen MR) is 56.9 cm³/mol. The molecule has 2 rings (SSSR count). The van der Waals surface area contributed by atoms with Crippen molar-refractivity contribution in [2.45, 2.75) is 0 Å². The third-order valence-electron chi connectivity index (χ3n) is 1.65. The Labute approximate surface area is 88.0 Å². The van der Waals surface area contributed by atoms with E-state index in [4.69, 9.17) is 0 Å². The van der Waals surface area contributed by atoms with E-state index in [0.717, 1.165) is 14.4 Å². The molecule has 0 radical (unpaired) electrons. The first-order chi connectivity index (χ1) is 6.27. The van der Waals surface area contributed by atoms with Crippen LogP contribution in [0, 0.1) is 0 Å². The van der Waals surface area contributed by atoms with Crippen molar-refractivity contribution in [1.29, 1.82) is 0 Å². The molecule has 0 aliphatic heterocycles. The Morgan fingerprint density at radius 3 is 2.69 bits per heavy atom. The fourth-order valence-corrected chi connectivity index (χ4v) is 2.36. The molecule has 0 aliphatic carbocycles. The number of phenolic OH excluding ortho intramolecular Hbond substituents is 1. The summed E-state index contributed by atoms with van der Waals surface area (Å²) in [4.78, 5) is 5.02. The Morgan fingerprint density at radius 2 is 2.08 bits per heavy atom. The third kappa shape index (κ3) is 1.73. The molecule has 0 atom stereocenters. The van der Waals surface area contributed by atoms with Crippen LogP contribution in [-0.2, 0) is 0 Å². The minimum absolute atomic E-state index is 0.290. The number of halogens is 1. The van der Waals surface area contributed by atoms with Gasteiger partial charge in [-0.05, 0) is 28.1 Å². The van der Waals surface area contributed by atoms with Crippen molar-refractivity contribution in [3.05, 3.63) is 34.4 Å². The highest BCUT2D eigenvalue weighted by atomic mass is 79.9. The van der Waals surface area contributed by atoms with Crippen LogP contribution < -0.4 is 0 Å². The maximum Gasteiger partial charge on any atom is 0.159 e. The third-order valence-corrected chi connectivity index (χ3v) is 3.16. The summed E-state index contributed by atoms with van der Waals surface area (Å²) < 4.78 is 0.825. The number of hydrogen-bond donors (Lipinski definition) is 1. The quantitative estimate of drug-likeness (QED) is 0.849. The molecule has 0 amide bonds. The molecule has 0 unspecified atom stereocenters. The Kier molecular flexibility index (Phi) is 2.33. The normalized spacial score (nSPS) is 10.2. The molecule has 0 saturated carbocycles. The lowest BCUT2D eigenvalue weighted by Gasteiger charge is -1.98. The number of aromatic hydroxyl groups is 1. The molecule has 2 nitrogen and oxygen atoms in total. The van der Waals surface area contributed by atoms with Crippen molar-refractivity contribution in [1.82, 2.24) is 4.98 Å². The summed E-state index contributed by atoms with van der Waals surface area (Å²) in [6.07, 6.45) is 1.74. The lowest BCUT2D eigenvalue weighted by molar-refractivity contribution is 0.477. The van der Waals surface area contributed by atoms with Crippen molar-refractivity contribution in [2.24, 2.45) is 0 Å². The standard InChI is InChI=1S/C9H6BrNOS/c10-9-11-5-8(13-9)6-3-1-2-4-7(6)12/h1-5,12H.